The first-order valence-corrected chi connectivity index (χ1v) is 7.08. The van der Waals surface area contributed by atoms with Crippen LogP contribution in [0.2, 0.25) is 0 Å². The van der Waals surface area contributed by atoms with E-state index in [0.717, 1.165) is 21.7 Å². The lowest BCUT2D eigenvalue weighted by molar-refractivity contribution is 0.403. The molecule has 2 aromatic rings. The van der Waals surface area contributed by atoms with Gasteiger partial charge in [-0.15, -0.1) is 0 Å². The van der Waals surface area contributed by atoms with Gasteiger partial charge in [-0.25, -0.2) is 0 Å². The minimum absolute atomic E-state index is 0.647. The summed E-state index contributed by atoms with van der Waals surface area (Å²) in [7, 11) is 1.94. The van der Waals surface area contributed by atoms with Crippen molar-refractivity contribution in [1.82, 2.24) is 4.90 Å². The molecule has 0 fully saturated rings. The Labute approximate surface area is 126 Å². The van der Waals surface area contributed by atoms with Gasteiger partial charge in [-0.1, -0.05) is 22.0 Å². The maximum atomic E-state index is 5.54. The van der Waals surface area contributed by atoms with Gasteiger partial charge in [0.25, 0.3) is 0 Å². The van der Waals surface area contributed by atoms with Crippen LogP contribution >= 0.6 is 28.1 Å². The summed E-state index contributed by atoms with van der Waals surface area (Å²) >= 11 is 8.80. The van der Waals surface area contributed by atoms with Crippen LogP contribution in [0.3, 0.4) is 0 Å². The number of hydrogen-bond donors (Lipinski definition) is 1. The Morgan fingerprint density at radius 2 is 2.16 bits per heavy atom. The zero-order valence-corrected chi connectivity index (χ0v) is 13.2. The van der Waals surface area contributed by atoms with Crippen molar-refractivity contribution < 1.29 is 4.42 Å². The van der Waals surface area contributed by atoms with E-state index in [1.54, 1.807) is 0 Å². The normalized spacial score (nSPS) is 10.3. The zero-order valence-electron chi connectivity index (χ0n) is 10.8. The smallest absolute Gasteiger partial charge is 0.173 e. The Morgan fingerprint density at radius 1 is 1.37 bits per heavy atom. The Morgan fingerprint density at radius 3 is 2.79 bits per heavy atom. The average molecular weight is 339 g/mol. The van der Waals surface area contributed by atoms with Crippen LogP contribution in [0.25, 0.3) is 0 Å². The maximum Gasteiger partial charge on any atom is 0.173 e. The Kier molecular flexibility index (Phi) is 4.61. The molecule has 0 aliphatic rings. The first kappa shape index (κ1) is 14.1. The predicted octanol–water partition coefficient (Wildman–Crippen LogP) is 4.18. The molecule has 1 aromatic heterocycles. The molecular formula is C14H15BrN2OS. The summed E-state index contributed by atoms with van der Waals surface area (Å²) < 4.78 is 6.56. The predicted molar refractivity (Wildman–Crippen MR) is 85.3 cm³/mol. The van der Waals surface area contributed by atoms with E-state index < -0.39 is 0 Å². The third kappa shape index (κ3) is 4.08. The van der Waals surface area contributed by atoms with Crippen molar-refractivity contribution in [3.8, 4) is 0 Å². The third-order valence-corrected chi connectivity index (χ3v) is 3.52. The molecule has 19 heavy (non-hydrogen) atoms. The Balaban J connectivity index is 1.96. The summed E-state index contributed by atoms with van der Waals surface area (Å²) in [5, 5.41) is 3.85. The fraction of sp³-hybridized carbons (Fsp3) is 0.214. The molecule has 2 rings (SSSR count). The number of anilines is 1. The molecule has 0 bridgehead atoms. The molecule has 1 aromatic carbocycles. The van der Waals surface area contributed by atoms with Gasteiger partial charge < -0.3 is 14.6 Å². The third-order valence-electron chi connectivity index (χ3n) is 2.61. The number of aryl methyl sites for hydroxylation is 1. The quantitative estimate of drug-likeness (QED) is 0.850. The maximum absolute atomic E-state index is 5.54. The number of hydrogen-bond acceptors (Lipinski definition) is 2. The van der Waals surface area contributed by atoms with Crippen LogP contribution in [0.4, 0.5) is 5.69 Å². The van der Waals surface area contributed by atoms with E-state index >= 15 is 0 Å². The zero-order chi connectivity index (χ0) is 13.8. The van der Waals surface area contributed by atoms with Gasteiger partial charge in [0.05, 0.1) is 6.54 Å². The highest BCUT2D eigenvalue weighted by Crippen LogP contribution is 2.16. The minimum Gasteiger partial charge on any atom is -0.464 e. The van der Waals surface area contributed by atoms with Crippen LogP contribution in [0.5, 0.6) is 0 Å². The summed E-state index contributed by atoms with van der Waals surface area (Å²) in [6.45, 7) is 2.58. The van der Waals surface area contributed by atoms with Crippen LogP contribution in [-0.2, 0) is 6.54 Å². The SMILES string of the molecule is Cc1ccc(CN(C)C(=S)Nc2cccc(Br)c2)o1. The van der Waals surface area contributed by atoms with Crippen molar-refractivity contribution in [2.45, 2.75) is 13.5 Å². The van der Waals surface area contributed by atoms with E-state index in [1.165, 1.54) is 0 Å². The van der Waals surface area contributed by atoms with Crippen molar-refractivity contribution in [3.05, 3.63) is 52.4 Å². The van der Waals surface area contributed by atoms with Gasteiger partial charge in [0, 0.05) is 17.2 Å². The van der Waals surface area contributed by atoms with Crippen molar-refractivity contribution in [1.29, 1.82) is 0 Å². The number of benzene rings is 1. The second-order valence-corrected chi connectivity index (χ2v) is 5.61. The van der Waals surface area contributed by atoms with Gasteiger partial charge in [-0.05, 0) is 49.5 Å². The Hall–Kier alpha value is -1.33. The first-order valence-electron chi connectivity index (χ1n) is 5.87. The highest BCUT2D eigenvalue weighted by Gasteiger charge is 2.08. The second kappa shape index (κ2) is 6.21. The lowest BCUT2D eigenvalue weighted by Crippen LogP contribution is -2.30. The van der Waals surface area contributed by atoms with Gasteiger partial charge in [-0.2, -0.15) is 0 Å². The van der Waals surface area contributed by atoms with Gasteiger partial charge in [0.1, 0.15) is 11.5 Å². The lowest BCUT2D eigenvalue weighted by Gasteiger charge is -2.20. The van der Waals surface area contributed by atoms with Gasteiger partial charge in [0.2, 0.25) is 0 Å². The molecule has 100 valence electrons. The summed E-state index contributed by atoms with van der Waals surface area (Å²) in [4.78, 5) is 1.94. The van der Waals surface area contributed by atoms with Crippen LogP contribution in [0, 0.1) is 6.92 Å². The molecule has 1 N–H and O–H groups in total. The molecule has 0 atom stereocenters. The van der Waals surface area contributed by atoms with Crippen LogP contribution < -0.4 is 5.32 Å². The van der Waals surface area contributed by atoms with E-state index in [-0.39, 0.29) is 0 Å². The van der Waals surface area contributed by atoms with Gasteiger partial charge >= 0.3 is 0 Å². The number of rotatable bonds is 3. The summed E-state index contributed by atoms with van der Waals surface area (Å²) in [6.07, 6.45) is 0. The fourth-order valence-electron chi connectivity index (χ4n) is 1.66. The number of halogens is 1. The van der Waals surface area contributed by atoms with Crippen LogP contribution in [0.15, 0.2) is 45.3 Å². The summed E-state index contributed by atoms with van der Waals surface area (Å²) in [5.74, 6) is 1.81. The molecule has 0 spiro atoms. The topological polar surface area (TPSA) is 28.4 Å². The molecule has 0 aliphatic carbocycles. The number of nitrogens with zero attached hydrogens (tertiary/aromatic N) is 1. The molecule has 5 heteroatoms. The highest BCUT2D eigenvalue weighted by molar-refractivity contribution is 9.10. The standard InChI is InChI=1S/C14H15BrN2OS/c1-10-6-7-13(18-10)9-17(2)14(19)16-12-5-3-4-11(15)8-12/h3-8H,9H2,1-2H3,(H,16,19). The van der Waals surface area contributed by atoms with Crippen LogP contribution in [-0.4, -0.2) is 17.1 Å². The first-order chi connectivity index (χ1) is 9.04. The average Bonchev–Trinajstić information content (AvgIpc) is 2.74. The second-order valence-electron chi connectivity index (χ2n) is 4.31. The molecule has 1 heterocycles. The summed E-state index contributed by atoms with van der Waals surface area (Å²) in [6, 6.07) is 11.8. The van der Waals surface area contributed by atoms with Crippen molar-refractivity contribution >= 4 is 38.9 Å². The number of furan rings is 1. The fourth-order valence-corrected chi connectivity index (χ4v) is 2.24. The molecule has 0 aliphatic heterocycles. The van der Waals surface area contributed by atoms with Crippen LogP contribution in [0.1, 0.15) is 11.5 Å². The number of thiocarbonyl (C=S) groups is 1. The van der Waals surface area contributed by atoms with E-state index in [2.05, 4.69) is 21.2 Å². The van der Waals surface area contributed by atoms with Crippen molar-refractivity contribution in [3.63, 3.8) is 0 Å². The molecule has 0 saturated heterocycles. The van der Waals surface area contributed by atoms with Crippen molar-refractivity contribution in [2.75, 3.05) is 12.4 Å². The monoisotopic (exact) mass is 338 g/mol. The van der Waals surface area contributed by atoms with E-state index in [9.17, 15) is 0 Å². The number of nitrogens with one attached hydrogen (secondary N) is 1. The van der Waals surface area contributed by atoms with Gasteiger partial charge in [-0.3, -0.25) is 0 Å². The lowest BCUT2D eigenvalue weighted by atomic mass is 10.3. The molecule has 0 unspecified atom stereocenters. The van der Waals surface area contributed by atoms with Crippen molar-refractivity contribution in [2.24, 2.45) is 0 Å². The van der Waals surface area contributed by atoms with E-state index in [1.807, 2.05) is 55.3 Å². The summed E-state index contributed by atoms with van der Waals surface area (Å²) in [5.41, 5.74) is 0.960. The van der Waals surface area contributed by atoms with E-state index in [0.29, 0.717) is 11.7 Å². The Bertz CT molecular complexity index is 582. The molecule has 3 nitrogen and oxygen atoms in total. The highest BCUT2D eigenvalue weighted by atomic mass is 79.9. The minimum atomic E-state index is 0.647. The molecular weight excluding hydrogens is 324 g/mol. The molecule has 0 amide bonds. The molecule has 0 saturated carbocycles. The van der Waals surface area contributed by atoms with E-state index in [4.69, 9.17) is 16.6 Å². The largest absolute Gasteiger partial charge is 0.464 e. The van der Waals surface area contributed by atoms with Gasteiger partial charge in [0.15, 0.2) is 5.11 Å². The molecule has 0 radical (unpaired) electrons.